The minimum absolute atomic E-state index is 0.0168. The first kappa shape index (κ1) is 27.1. The number of nitrogens with zero attached hydrogens (tertiary/aromatic N) is 6. The number of para-hydroxylation sites is 1. The molecular formula is C31H27N9O3. The summed E-state index contributed by atoms with van der Waals surface area (Å²) in [6, 6.07) is 18.4. The number of phenols is 1. The Kier molecular flexibility index (Phi) is 7.00. The minimum Gasteiger partial charge on any atom is -0.508 e. The number of anilines is 3. The maximum absolute atomic E-state index is 13.7. The molecule has 4 heterocycles. The van der Waals surface area contributed by atoms with Gasteiger partial charge in [-0.05, 0) is 61.9 Å². The highest BCUT2D eigenvalue weighted by atomic mass is 16.3. The quantitative estimate of drug-likeness (QED) is 0.217. The van der Waals surface area contributed by atoms with Crippen molar-refractivity contribution in [3.8, 4) is 22.6 Å². The topological polar surface area (TPSA) is 165 Å². The molecule has 6 aromatic rings. The number of nitrogen functional groups attached to an aromatic ring is 1. The number of phenolic OH excluding ortho intramolecular Hbond substituents is 1. The predicted molar refractivity (Wildman–Crippen MR) is 163 cm³/mol. The van der Waals surface area contributed by atoms with Gasteiger partial charge in [0, 0.05) is 23.5 Å². The van der Waals surface area contributed by atoms with Gasteiger partial charge in [0.2, 0.25) is 0 Å². The summed E-state index contributed by atoms with van der Waals surface area (Å²) in [6.45, 7) is 3.75. The molecule has 5 N–H and O–H groups in total. The van der Waals surface area contributed by atoms with E-state index in [1.54, 1.807) is 39.7 Å². The van der Waals surface area contributed by atoms with Crippen LogP contribution in [0, 0.1) is 6.92 Å². The number of carbonyl (C=O) groups excluding carboxylic acids is 1. The van der Waals surface area contributed by atoms with Crippen LogP contribution >= 0.6 is 0 Å². The second kappa shape index (κ2) is 11.1. The number of aryl methyl sites for hydroxylation is 1. The molecule has 12 heteroatoms. The molecule has 1 atom stereocenters. The largest absolute Gasteiger partial charge is 0.508 e. The highest BCUT2D eigenvalue weighted by Crippen LogP contribution is 2.33. The van der Waals surface area contributed by atoms with Crippen molar-refractivity contribution < 1.29 is 9.90 Å². The Balaban J connectivity index is 1.37. The first-order valence-electron chi connectivity index (χ1n) is 13.4. The third kappa shape index (κ3) is 5.24. The van der Waals surface area contributed by atoms with Crippen molar-refractivity contribution in [2.45, 2.75) is 19.9 Å². The molecule has 0 fully saturated rings. The van der Waals surface area contributed by atoms with Crippen LogP contribution in [-0.4, -0.2) is 40.1 Å². The molecule has 0 radical (unpaired) electrons. The van der Waals surface area contributed by atoms with Crippen LogP contribution in [0.4, 0.5) is 17.3 Å². The van der Waals surface area contributed by atoms with E-state index in [1.807, 2.05) is 50.2 Å². The zero-order valence-corrected chi connectivity index (χ0v) is 23.3. The number of nitrogens with two attached hydrogens (primary N) is 1. The molecule has 0 aliphatic carbocycles. The van der Waals surface area contributed by atoms with E-state index in [9.17, 15) is 14.7 Å². The van der Waals surface area contributed by atoms with E-state index in [-0.39, 0.29) is 22.7 Å². The molecule has 0 spiro atoms. The molecule has 214 valence electrons. The lowest BCUT2D eigenvalue weighted by Gasteiger charge is -2.21. The number of amides is 1. The van der Waals surface area contributed by atoms with Gasteiger partial charge in [-0.3, -0.25) is 19.1 Å². The predicted octanol–water partition coefficient (Wildman–Crippen LogP) is 4.36. The second-order valence-electron chi connectivity index (χ2n) is 9.94. The van der Waals surface area contributed by atoms with Gasteiger partial charge in [-0.1, -0.05) is 24.3 Å². The normalized spacial score (nSPS) is 11.8. The van der Waals surface area contributed by atoms with E-state index >= 15 is 0 Å². The Bertz CT molecular complexity index is 2040. The highest BCUT2D eigenvalue weighted by Gasteiger charge is 2.22. The van der Waals surface area contributed by atoms with Crippen molar-refractivity contribution in [2.24, 2.45) is 0 Å². The van der Waals surface area contributed by atoms with Gasteiger partial charge in [0.15, 0.2) is 5.82 Å². The van der Waals surface area contributed by atoms with E-state index in [2.05, 4.69) is 25.6 Å². The molecular weight excluding hydrogens is 546 g/mol. The summed E-state index contributed by atoms with van der Waals surface area (Å²) in [7, 11) is 0. The Labute approximate surface area is 245 Å². The zero-order valence-electron chi connectivity index (χ0n) is 23.3. The molecule has 2 aromatic carbocycles. The summed E-state index contributed by atoms with van der Waals surface area (Å²) >= 11 is 0. The molecule has 0 aliphatic rings. The third-order valence-electron chi connectivity index (χ3n) is 6.94. The maximum atomic E-state index is 13.7. The first-order valence-corrected chi connectivity index (χ1v) is 13.4. The summed E-state index contributed by atoms with van der Waals surface area (Å²) in [6.07, 6.45) is 6.18. The monoisotopic (exact) mass is 573 g/mol. The molecule has 0 aliphatic heterocycles. The fraction of sp³-hybridized carbons (Fsp3) is 0.0968. The average Bonchev–Trinajstić information content (AvgIpc) is 3.38. The molecule has 0 saturated carbocycles. The summed E-state index contributed by atoms with van der Waals surface area (Å²) in [5.41, 5.74) is 9.83. The van der Waals surface area contributed by atoms with E-state index < -0.39 is 11.9 Å². The van der Waals surface area contributed by atoms with Gasteiger partial charge in [-0.15, -0.1) is 0 Å². The van der Waals surface area contributed by atoms with E-state index in [1.165, 1.54) is 24.7 Å². The number of nitrogens with one attached hydrogen (secondary N) is 2. The smallest absolute Gasteiger partial charge is 0.282 e. The van der Waals surface area contributed by atoms with Crippen molar-refractivity contribution in [3.63, 3.8) is 0 Å². The lowest BCUT2D eigenvalue weighted by Crippen LogP contribution is -2.29. The van der Waals surface area contributed by atoms with Crippen LogP contribution in [0.3, 0.4) is 0 Å². The Morgan fingerprint density at radius 3 is 2.63 bits per heavy atom. The average molecular weight is 574 g/mol. The Hall–Kier alpha value is -6.04. The fourth-order valence-electron chi connectivity index (χ4n) is 4.90. The Morgan fingerprint density at radius 1 is 1.02 bits per heavy atom. The van der Waals surface area contributed by atoms with E-state index in [0.29, 0.717) is 39.7 Å². The Morgan fingerprint density at radius 2 is 1.84 bits per heavy atom. The number of hydrogen-bond acceptors (Lipinski definition) is 9. The molecule has 0 saturated heterocycles. The van der Waals surface area contributed by atoms with Crippen LogP contribution in [0.15, 0.2) is 96.4 Å². The van der Waals surface area contributed by atoms with Crippen molar-refractivity contribution in [1.82, 2.24) is 29.1 Å². The maximum Gasteiger partial charge on any atom is 0.282 e. The van der Waals surface area contributed by atoms with Gasteiger partial charge in [0.25, 0.3) is 11.5 Å². The van der Waals surface area contributed by atoms with Gasteiger partial charge in [0.1, 0.15) is 29.2 Å². The van der Waals surface area contributed by atoms with Crippen molar-refractivity contribution in [3.05, 3.63) is 119 Å². The van der Waals surface area contributed by atoms with Gasteiger partial charge >= 0.3 is 0 Å². The number of hydrogen-bond donors (Lipinski definition) is 4. The molecule has 4 aromatic heterocycles. The van der Waals surface area contributed by atoms with E-state index in [0.717, 1.165) is 5.56 Å². The SMILES string of the molecule is Cc1ccn2nc(C(C)Nc3ncnc(N)c3-c3cncc(NC(=O)c4cccc(O)c4)c3)n(-c3ccccc3)c(=O)c12. The molecule has 1 amide bonds. The van der Waals surface area contributed by atoms with Crippen LogP contribution in [0.2, 0.25) is 0 Å². The van der Waals surface area contributed by atoms with Crippen LogP contribution in [0.25, 0.3) is 22.3 Å². The fourth-order valence-corrected chi connectivity index (χ4v) is 4.90. The van der Waals surface area contributed by atoms with Gasteiger partial charge in [-0.25, -0.2) is 14.5 Å². The van der Waals surface area contributed by atoms with Crippen molar-refractivity contribution in [2.75, 3.05) is 16.4 Å². The molecule has 6 rings (SSSR count). The minimum atomic E-state index is -0.519. The van der Waals surface area contributed by atoms with Gasteiger partial charge in [0.05, 0.1) is 29.2 Å². The van der Waals surface area contributed by atoms with Crippen LogP contribution in [0.1, 0.15) is 34.7 Å². The number of carbonyl (C=O) groups is 1. The van der Waals surface area contributed by atoms with Crippen LogP contribution < -0.4 is 21.9 Å². The van der Waals surface area contributed by atoms with Crippen LogP contribution in [-0.2, 0) is 0 Å². The number of aromatic nitrogens is 6. The van der Waals surface area contributed by atoms with Gasteiger partial charge in [-0.2, -0.15) is 5.10 Å². The third-order valence-corrected chi connectivity index (χ3v) is 6.94. The first-order chi connectivity index (χ1) is 20.8. The summed E-state index contributed by atoms with van der Waals surface area (Å²) < 4.78 is 3.17. The van der Waals surface area contributed by atoms with Crippen LogP contribution in [0.5, 0.6) is 5.75 Å². The summed E-state index contributed by atoms with van der Waals surface area (Å²) in [5, 5.41) is 20.7. The molecule has 12 nitrogen and oxygen atoms in total. The lowest BCUT2D eigenvalue weighted by atomic mass is 10.1. The zero-order chi connectivity index (χ0) is 30.1. The highest BCUT2D eigenvalue weighted by molar-refractivity contribution is 6.04. The summed E-state index contributed by atoms with van der Waals surface area (Å²) in [5.74, 6) is 0.591. The summed E-state index contributed by atoms with van der Waals surface area (Å²) in [4.78, 5) is 39.4. The van der Waals surface area contributed by atoms with Crippen molar-refractivity contribution >= 4 is 28.7 Å². The number of benzene rings is 2. The standard InChI is InChI=1S/C31H27N9O3/c1-18-11-12-39-26(18)31(43)40(23-8-4-3-5-9-23)29(38-39)19(2)36-28-25(27(32)34-17-35-28)21-13-22(16-33-15-21)37-30(42)20-7-6-10-24(41)14-20/h3-17,19,41H,1-2H3,(H,37,42)(H3,32,34,35,36). The number of pyridine rings is 1. The second-order valence-corrected chi connectivity index (χ2v) is 9.94. The molecule has 1 unspecified atom stereocenters. The number of fused-ring (bicyclic) bond motifs is 1. The molecule has 43 heavy (non-hydrogen) atoms. The molecule has 0 bridgehead atoms. The lowest BCUT2D eigenvalue weighted by molar-refractivity contribution is 0.102. The number of aromatic hydroxyl groups is 1. The van der Waals surface area contributed by atoms with Crippen molar-refractivity contribution in [1.29, 1.82) is 0 Å². The van der Waals surface area contributed by atoms with E-state index in [4.69, 9.17) is 10.8 Å². The van der Waals surface area contributed by atoms with Gasteiger partial charge < -0.3 is 21.5 Å². The number of rotatable bonds is 7.